The van der Waals surface area contributed by atoms with Crippen molar-refractivity contribution >= 4 is 11.9 Å². The van der Waals surface area contributed by atoms with E-state index in [2.05, 4.69) is 55.5 Å². The second-order valence-electron chi connectivity index (χ2n) is 9.45. The molecule has 2 N–H and O–H groups in total. The number of aliphatic hydroxyl groups is 2. The van der Waals surface area contributed by atoms with E-state index in [1.54, 1.807) is 0 Å². The minimum Gasteiger partial charge on any atom is -0.463 e. The third-order valence-corrected chi connectivity index (χ3v) is 5.59. The molecule has 0 radical (unpaired) electrons. The van der Waals surface area contributed by atoms with Gasteiger partial charge < -0.3 is 19.7 Å². The Morgan fingerprint density at radius 1 is 0.649 bits per heavy atom. The van der Waals surface area contributed by atoms with Crippen molar-refractivity contribution in [3.8, 4) is 0 Å². The first-order valence-electron chi connectivity index (χ1n) is 14.2. The summed E-state index contributed by atoms with van der Waals surface area (Å²) in [5, 5.41) is 19.0. The zero-order valence-electron chi connectivity index (χ0n) is 23.3. The van der Waals surface area contributed by atoms with Crippen molar-refractivity contribution in [1.29, 1.82) is 0 Å². The number of esters is 2. The van der Waals surface area contributed by atoms with Gasteiger partial charge in [-0.05, 0) is 64.7 Å². The summed E-state index contributed by atoms with van der Waals surface area (Å²) in [6.45, 7) is 3.67. The smallest absolute Gasteiger partial charge is 0.305 e. The fraction of sp³-hybridized carbons (Fsp3) is 0.677. The average Bonchev–Trinajstić information content (AvgIpc) is 2.87. The molecule has 37 heavy (non-hydrogen) atoms. The topological polar surface area (TPSA) is 93.1 Å². The SMILES string of the molecule is CCCCCCCC(=O)OC[C@@H](O)COC(=O)CCC/C=C\C/C=C\C/C=C\C/C=C\CCC[C@@H](C)O. The van der Waals surface area contributed by atoms with Gasteiger partial charge in [0.1, 0.15) is 19.3 Å². The number of hydrogen-bond donors (Lipinski definition) is 2. The van der Waals surface area contributed by atoms with E-state index in [0.717, 1.165) is 70.6 Å². The molecule has 0 aliphatic heterocycles. The molecule has 2 atom stereocenters. The van der Waals surface area contributed by atoms with Gasteiger partial charge in [-0.2, -0.15) is 0 Å². The van der Waals surface area contributed by atoms with Gasteiger partial charge in [-0.25, -0.2) is 0 Å². The summed E-state index contributed by atoms with van der Waals surface area (Å²) in [4.78, 5) is 23.4. The van der Waals surface area contributed by atoms with Gasteiger partial charge in [-0.1, -0.05) is 81.2 Å². The van der Waals surface area contributed by atoms with Crippen LogP contribution in [0.25, 0.3) is 0 Å². The monoisotopic (exact) mass is 520 g/mol. The first kappa shape index (κ1) is 34.8. The fourth-order valence-corrected chi connectivity index (χ4v) is 3.39. The van der Waals surface area contributed by atoms with Crippen LogP contribution in [0, 0.1) is 0 Å². The number of hydrogen-bond acceptors (Lipinski definition) is 6. The van der Waals surface area contributed by atoms with Crippen LogP contribution in [0.3, 0.4) is 0 Å². The van der Waals surface area contributed by atoms with E-state index < -0.39 is 6.10 Å². The molecular formula is C31H52O6. The minimum absolute atomic E-state index is 0.143. The van der Waals surface area contributed by atoms with Crippen LogP contribution in [0.4, 0.5) is 0 Å². The largest absolute Gasteiger partial charge is 0.463 e. The zero-order chi connectivity index (χ0) is 27.4. The number of carbonyl (C=O) groups excluding carboxylic acids is 2. The lowest BCUT2D eigenvalue weighted by atomic mass is 10.1. The molecule has 6 heteroatoms. The van der Waals surface area contributed by atoms with Crippen molar-refractivity contribution < 1.29 is 29.3 Å². The van der Waals surface area contributed by atoms with Gasteiger partial charge in [0.2, 0.25) is 0 Å². The van der Waals surface area contributed by atoms with Crippen LogP contribution >= 0.6 is 0 Å². The highest BCUT2D eigenvalue weighted by Gasteiger charge is 2.11. The number of carbonyl (C=O) groups is 2. The highest BCUT2D eigenvalue weighted by atomic mass is 16.6. The van der Waals surface area contributed by atoms with Crippen LogP contribution in [0.15, 0.2) is 48.6 Å². The van der Waals surface area contributed by atoms with E-state index in [-0.39, 0.29) is 31.3 Å². The Labute approximate surface area is 225 Å². The van der Waals surface area contributed by atoms with Crippen molar-refractivity contribution in [3.05, 3.63) is 48.6 Å². The molecule has 0 bridgehead atoms. The molecule has 0 aromatic rings. The van der Waals surface area contributed by atoms with Crippen LogP contribution in [0.2, 0.25) is 0 Å². The van der Waals surface area contributed by atoms with Crippen LogP contribution in [0.5, 0.6) is 0 Å². The van der Waals surface area contributed by atoms with Crippen molar-refractivity contribution in [2.45, 2.75) is 122 Å². The third kappa shape index (κ3) is 28.2. The maximum Gasteiger partial charge on any atom is 0.305 e. The molecule has 0 fully saturated rings. The molecule has 0 saturated carbocycles. The molecule has 0 heterocycles. The molecule has 0 aliphatic carbocycles. The molecule has 0 rings (SSSR count). The number of ether oxygens (including phenoxy) is 2. The summed E-state index contributed by atoms with van der Waals surface area (Å²) in [7, 11) is 0. The fourth-order valence-electron chi connectivity index (χ4n) is 3.39. The lowest BCUT2D eigenvalue weighted by Gasteiger charge is -2.12. The Balaban J connectivity index is 3.62. The van der Waals surface area contributed by atoms with Gasteiger partial charge in [0.05, 0.1) is 6.10 Å². The summed E-state index contributed by atoms with van der Waals surface area (Å²) in [5.41, 5.74) is 0. The summed E-state index contributed by atoms with van der Waals surface area (Å²) in [6, 6.07) is 0. The zero-order valence-corrected chi connectivity index (χ0v) is 23.3. The summed E-state index contributed by atoms with van der Waals surface area (Å²) in [5.74, 6) is -0.666. The Morgan fingerprint density at radius 2 is 1.11 bits per heavy atom. The van der Waals surface area contributed by atoms with Crippen molar-refractivity contribution in [2.75, 3.05) is 13.2 Å². The third-order valence-electron chi connectivity index (χ3n) is 5.59. The lowest BCUT2D eigenvalue weighted by Crippen LogP contribution is -2.25. The first-order valence-corrected chi connectivity index (χ1v) is 14.2. The Hall–Kier alpha value is -2.18. The lowest BCUT2D eigenvalue weighted by molar-refractivity contribution is -0.152. The van der Waals surface area contributed by atoms with E-state index in [1.807, 2.05) is 6.92 Å². The number of allylic oxidation sites excluding steroid dienone is 8. The van der Waals surface area contributed by atoms with Gasteiger partial charge in [0.15, 0.2) is 0 Å². The highest BCUT2D eigenvalue weighted by molar-refractivity contribution is 5.69. The summed E-state index contributed by atoms with van der Waals surface area (Å²) < 4.78 is 10.1. The second-order valence-corrected chi connectivity index (χ2v) is 9.45. The normalized spacial score (nSPS) is 13.7. The molecule has 0 spiro atoms. The maximum atomic E-state index is 11.8. The van der Waals surface area contributed by atoms with Crippen LogP contribution in [0.1, 0.15) is 110 Å². The molecule has 212 valence electrons. The molecule has 0 aromatic carbocycles. The van der Waals surface area contributed by atoms with Crippen LogP contribution < -0.4 is 0 Å². The molecule has 0 aromatic heterocycles. The predicted octanol–water partition coefficient (Wildman–Crippen LogP) is 6.91. The van der Waals surface area contributed by atoms with Gasteiger partial charge in [0, 0.05) is 12.8 Å². The van der Waals surface area contributed by atoms with Gasteiger partial charge in [0.25, 0.3) is 0 Å². The average molecular weight is 521 g/mol. The standard InChI is InChI=1S/C31H52O6/c1-3-4-5-17-21-24-30(34)36-26-29(33)27-37-31(35)25-22-19-16-14-12-10-8-6-7-9-11-13-15-18-20-23-28(2)32/h7-10,13-16,28-29,32-33H,3-6,11-12,17-27H2,1-2H3/b9-7-,10-8-,15-13-,16-14-/t28-,29-/m1/s1. The molecule has 0 amide bonds. The van der Waals surface area contributed by atoms with Crippen molar-refractivity contribution in [2.24, 2.45) is 0 Å². The Kier molecular flexibility index (Phi) is 25.3. The van der Waals surface area contributed by atoms with Gasteiger partial charge in [-0.15, -0.1) is 0 Å². The Bertz CT molecular complexity index is 663. The van der Waals surface area contributed by atoms with E-state index in [9.17, 15) is 19.8 Å². The van der Waals surface area contributed by atoms with Crippen molar-refractivity contribution in [3.63, 3.8) is 0 Å². The number of aliphatic hydroxyl groups excluding tert-OH is 2. The van der Waals surface area contributed by atoms with E-state index in [1.165, 1.54) is 6.42 Å². The summed E-state index contributed by atoms with van der Waals surface area (Å²) in [6.07, 6.45) is 28.9. The maximum absolute atomic E-state index is 11.8. The molecule has 0 saturated heterocycles. The first-order chi connectivity index (χ1) is 18.0. The van der Waals surface area contributed by atoms with Crippen LogP contribution in [-0.4, -0.2) is 47.6 Å². The number of unbranched alkanes of at least 4 members (excludes halogenated alkanes) is 6. The second kappa shape index (κ2) is 26.9. The quantitative estimate of drug-likeness (QED) is 0.0816. The van der Waals surface area contributed by atoms with Gasteiger partial charge >= 0.3 is 11.9 Å². The van der Waals surface area contributed by atoms with E-state index in [4.69, 9.17) is 9.47 Å². The molecule has 0 aliphatic rings. The number of rotatable bonds is 24. The molecule has 6 nitrogen and oxygen atoms in total. The van der Waals surface area contributed by atoms with E-state index >= 15 is 0 Å². The highest BCUT2D eigenvalue weighted by Crippen LogP contribution is 2.06. The summed E-state index contributed by atoms with van der Waals surface area (Å²) >= 11 is 0. The van der Waals surface area contributed by atoms with Crippen LogP contribution in [-0.2, 0) is 19.1 Å². The predicted molar refractivity (Wildman–Crippen MR) is 151 cm³/mol. The molecule has 0 unspecified atom stereocenters. The van der Waals surface area contributed by atoms with Crippen molar-refractivity contribution in [1.82, 2.24) is 0 Å². The Morgan fingerprint density at radius 3 is 1.62 bits per heavy atom. The van der Waals surface area contributed by atoms with E-state index in [0.29, 0.717) is 19.3 Å². The minimum atomic E-state index is -0.989. The molecular weight excluding hydrogens is 468 g/mol. The van der Waals surface area contributed by atoms with Gasteiger partial charge in [-0.3, -0.25) is 9.59 Å².